The monoisotopic (exact) mass is 376 g/mol. The molecule has 1 N–H and O–H groups in total. The van der Waals surface area contributed by atoms with Crippen molar-refractivity contribution in [3.8, 4) is 5.75 Å². The minimum absolute atomic E-state index is 0.143. The molecule has 2 rings (SSSR count). The molecule has 8 nitrogen and oxygen atoms in total. The summed E-state index contributed by atoms with van der Waals surface area (Å²) < 4.78 is 14.9. The van der Waals surface area contributed by atoms with Gasteiger partial charge in [-0.05, 0) is 56.0 Å². The van der Waals surface area contributed by atoms with Gasteiger partial charge in [0.05, 0.1) is 11.5 Å². The van der Waals surface area contributed by atoms with E-state index in [9.17, 15) is 19.2 Å². The van der Waals surface area contributed by atoms with Gasteiger partial charge in [0.2, 0.25) is 0 Å². The van der Waals surface area contributed by atoms with E-state index in [0.717, 1.165) is 6.08 Å². The Morgan fingerprint density at radius 3 is 2.26 bits per heavy atom. The van der Waals surface area contributed by atoms with E-state index in [1.165, 1.54) is 24.3 Å². The summed E-state index contributed by atoms with van der Waals surface area (Å²) in [5.41, 5.74) is 0.276. The number of carbonyl (C=O) groups excluding carboxylic acids is 3. The number of ketones is 1. The largest absolute Gasteiger partial charge is 0.514 e. The predicted octanol–water partition coefficient (Wildman–Crippen LogP) is 2.76. The van der Waals surface area contributed by atoms with Crippen LogP contribution in [0.25, 0.3) is 0 Å². The van der Waals surface area contributed by atoms with Gasteiger partial charge in [-0.15, -0.1) is 0 Å². The van der Waals surface area contributed by atoms with Gasteiger partial charge in [-0.25, -0.2) is 9.59 Å². The maximum Gasteiger partial charge on any atom is 0.514 e. The Morgan fingerprint density at radius 2 is 1.70 bits per heavy atom. The van der Waals surface area contributed by atoms with Crippen LogP contribution in [0.1, 0.15) is 36.0 Å². The van der Waals surface area contributed by atoms with Crippen LogP contribution in [-0.4, -0.2) is 41.7 Å². The second-order valence-electron chi connectivity index (χ2n) is 6.05. The molecule has 0 bridgehead atoms. The van der Waals surface area contributed by atoms with Crippen molar-refractivity contribution in [3.63, 3.8) is 0 Å². The van der Waals surface area contributed by atoms with E-state index in [-0.39, 0.29) is 23.3 Å². The van der Waals surface area contributed by atoms with E-state index in [1.54, 1.807) is 0 Å². The van der Waals surface area contributed by atoms with E-state index in [1.807, 2.05) is 0 Å². The highest BCUT2D eigenvalue weighted by atomic mass is 16.7. The number of ether oxygens (including phenoxy) is 3. The summed E-state index contributed by atoms with van der Waals surface area (Å²) in [6, 6.07) is 5.66. The highest BCUT2D eigenvalue weighted by Crippen LogP contribution is 2.27. The quantitative estimate of drug-likeness (QED) is 0.439. The molecule has 1 saturated carbocycles. The summed E-state index contributed by atoms with van der Waals surface area (Å²) in [4.78, 5) is 45.5. The summed E-state index contributed by atoms with van der Waals surface area (Å²) in [7, 11) is 0. The zero-order chi connectivity index (χ0) is 19.8. The minimum Gasteiger partial charge on any atom is -0.481 e. The Bertz CT molecular complexity index is 714. The first kappa shape index (κ1) is 20.2. The van der Waals surface area contributed by atoms with E-state index >= 15 is 0 Å². The number of aliphatic carboxylic acids is 1. The Hall–Kier alpha value is -3.16. The van der Waals surface area contributed by atoms with Crippen LogP contribution in [0.2, 0.25) is 0 Å². The summed E-state index contributed by atoms with van der Waals surface area (Å²) in [6.45, 7) is 2.79. The second-order valence-corrected chi connectivity index (χ2v) is 6.05. The van der Waals surface area contributed by atoms with E-state index in [4.69, 9.17) is 14.6 Å². The average Bonchev–Trinajstić information content (AvgIpc) is 2.67. The van der Waals surface area contributed by atoms with Crippen molar-refractivity contribution >= 4 is 23.9 Å². The molecule has 0 spiro atoms. The highest BCUT2D eigenvalue weighted by Gasteiger charge is 2.28. The molecule has 0 aromatic heterocycles. The van der Waals surface area contributed by atoms with Gasteiger partial charge < -0.3 is 19.3 Å². The Morgan fingerprint density at radius 1 is 1.07 bits per heavy atom. The molecule has 1 aromatic carbocycles. The Kier molecular flexibility index (Phi) is 7.10. The smallest absolute Gasteiger partial charge is 0.481 e. The molecule has 27 heavy (non-hydrogen) atoms. The molecule has 0 radical (unpaired) electrons. The van der Waals surface area contributed by atoms with Gasteiger partial charge in [0, 0.05) is 0 Å². The van der Waals surface area contributed by atoms with Crippen molar-refractivity contribution in [3.05, 3.63) is 42.5 Å². The van der Waals surface area contributed by atoms with Gasteiger partial charge in [-0.3, -0.25) is 9.59 Å². The maximum atomic E-state index is 12.2. The molecule has 1 fully saturated rings. The lowest BCUT2D eigenvalue weighted by Gasteiger charge is -2.25. The lowest BCUT2D eigenvalue weighted by Crippen LogP contribution is -2.27. The number of benzene rings is 1. The van der Waals surface area contributed by atoms with Gasteiger partial charge in [-0.2, -0.15) is 0 Å². The molecule has 0 heterocycles. The molecule has 0 aliphatic heterocycles. The van der Waals surface area contributed by atoms with E-state index in [2.05, 4.69) is 11.3 Å². The number of esters is 1. The molecule has 1 aromatic rings. The first-order valence-electron chi connectivity index (χ1n) is 8.42. The third-order valence-electron chi connectivity index (χ3n) is 4.15. The van der Waals surface area contributed by atoms with Gasteiger partial charge in [0.25, 0.3) is 0 Å². The number of rotatable bonds is 7. The molecular weight excluding hydrogens is 356 g/mol. The maximum absolute atomic E-state index is 12.2. The van der Waals surface area contributed by atoms with Crippen LogP contribution in [0, 0.1) is 5.92 Å². The number of hydrogen-bond donors (Lipinski definition) is 1. The molecule has 0 saturated heterocycles. The normalized spacial score (nSPS) is 18.8. The zero-order valence-electron chi connectivity index (χ0n) is 14.6. The number of carboxylic acids is 1. The Balaban J connectivity index is 1.81. The zero-order valence-corrected chi connectivity index (χ0v) is 14.6. The van der Waals surface area contributed by atoms with Crippen molar-refractivity contribution in [2.75, 3.05) is 6.61 Å². The van der Waals surface area contributed by atoms with Crippen LogP contribution in [0.15, 0.2) is 36.9 Å². The van der Waals surface area contributed by atoms with E-state index < -0.39 is 30.5 Å². The number of carboxylic acid groups (broad SMARTS) is 1. The third kappa shape index (κ3) is 6.25. The van der Waals surface area contributed by atoms with Crippen molar-refractivity contribution in [2.24, 2.45) is 5.92 Å². The van der Waals surface area contributed by atoms with Gasteiger partial charge in [-0.1, -0.05) is 6.58 Å². The first-order valence-corrected chi connectivity index (χ1v) is 8.42. The molecule has 0 atom stereocenters. The van der Waals surface area contributed by atoms with Crippen LogP contribution in [0.5, 0.6) is 5.75 Å². The number of carbonyl (C=O) groups is 4. The van der Waals surface area contributed by atoms with E-state index in [0.29, 0.717) is 25.7 Å². The summed E-state index contributed by atoms with van der Waals surface area (Å²) in [5.74, 6) is -2.04. The molecule has 0 amide bonds. The molecule has 1 aliphatic carbocycles. The number of hydrogen-bond acceptors (Lipinski definition) is 7. The van der Waals surface area contributed by atoms with Gasteiger partial charge in [0.1, 0.15) is 11.9 Å². The van der Waals surface area contributed by atoms with Crippen molar-refractivity contribution in [1.82, 2.24) is 0 Å². The van der Waals surface area contributed by atoms with Crippen LogP contribution in [0.4, 0.5) is 4.79 Å². The fourth-order valence-corrected chi connectivity index (χ4v) is 2.62. The lowest BCUT2D eigenvalue weighted by molar-refractivity contribution is -0.143. The molecular formula is C19H20O8. The van der Waals surface area contributed by atoms with Gasteiger partial charge >= 0.3 is 18.1 Å². The topological polar surface area (TPSA) is 116 Å². The summed E-state index contributed by atoms with van der Waals surface area (Å²) in [6.07, 6.45) is 1.67. The van der Waals surface area contributed by atoms with Crippen molar-refractivity contribution in [2.45, 2.75) is 31.8 Å². The van der Waals surface area contributed by atoms with Crippen molar-refractivity contribution < 1.29 is 38.5 Å². The third-order valence-corrected chi connectivity index (χ3v) is 4.15. The van der Waals surface area contributed by atoms with Crippen LogP contribution < -0.4 is 4.74 Å². The molecule has 1 aliphatic rings. The first-order chi connectivity index (χ1) is 12.9. The predicted molar refractivity (Wildman–Crippen MR) is 92.4 cm³/mol. The molecule has 0 unspecified atom stereocenters. The van der Waals surface area contributed by atoms with Crippen LogP contribution in [-0.2, 0) is 19.1 Å². The standard InChI is InChI=1S/C19H20O8/c1-2-14(20)11-25-19(24)27-16-9-5-13(6-10-16)18(23)26-15-7-3-12(4-8-15)17(21)22/h2,5-6,9-10,12,15H,1,3-4,7-8,11H2,(H,21,22). The molecule has 144 valence electrons. The van der Waals surface area contributed by atoms with Crippen LogP contribution in [0.3, 0.4) is 0 Å². The minimum atomic E-state index is -1.05. The summed E-state index contributed by atoms with van der Waals surface area (Å²) in [5, 5.41) is 8.97. The fraction of sp³-hybridized carbons (Fsp3) is 0.368. The molecule has 8 heteroatoms. The average molecular weight is 376 g/mol. The Labute approximate surface area is 155 Å². The fourth-order valence-electron chi connectivity index (χ4n) is 2.62. The summed E-state index contributed by atoms with van der Waals surface area (Å²) >= 11 is 0. The second kappa shape index (κ2) is 9.51. The lowest BCUT2D eigenvalue weighted by atomic mass is 9.87. The SMILES string of the molecule is C=CC(=O)COC(=O)Oc1ccc(C(=O)OC2CCC(C(=O)O)CC2)cc1. The van der Waals surface area contributed by atoms with Crippen LogP contribution >= 0.6 is 0 Å². The van der Waals surface area contributed by atoms with Crippen molar-refractivity contribution in [1.29, 1.82) is 0 Å². The highest BCUT2D eigenvalue weighted by molar-refractivity contribution is 5.91. The van der Waals surface area contributed by atoms with Gasteiger partial charge in [0.15, 0.2) is 12.4 Å².